The fourth-order valence-corrected chi connectivity index (χ4v) is 2.87. The molecule has 0 aliphatic heterocycles. The minimum absolute atomic E-state index is 0.539. The van der Waals surface area contributed by atoms with Crippen molar-refractivity contribution in [2.75, 3.05) is 0 Å². The smallest absolute Gasteiger partial charge is 0.00326 e. The fourth-order valence-electron chi connectivity index (χ4n) is 2.87. The highest BCUT2D eigenvalue weighted by atomic mass is 14.3. The van der Waals surface area contributed by atoms with Gasteiger partial charge in [-0.3, -0.25) is 0 Å². The Morgan fingerprint density at radius 3 is 2.22 bits per heavy atom. The molecular weight excluding hydrogens is 216 g/mol. The molecule has 0 radical (unpaired) electrons. The standard InChI is InChI=1S/C18H18/c1-12-8-10-15(11-9-12)18-14(3)13(2)16-6-4-5-7-17(16)18/h4-11,13H,1-3H3. The van der Waals surface area contributed by atoms with Gasteiger partial charge in [-0.15, -0.1) is 0 Å². The van der Waals surface area contributed by atoms with Crippen LogP contribution in [0.4, 0.5) is 0 Å². The topological polar surface area (TPSA) is 0 Å². The van der Waals surface area contributed by atoms with Gasteiger partial charge >= 0.3 is 0 Å². The number of hydrogen-bond acceptors (Lipinski definition) is 0. The van der Waals surface area contributed by atoms with Gasteiger partial charge in [-0.1, -0.05) is 66.6 Å². The lowest BCUT2D eigenvalue weighted by Gasteiger charge is -2.07. The average Bonchev–Trinajstić information content (AvgIpc) is 2.64. The molecular formula is C18H18. The van der Waals surface area contributed by atoms with Crippen molar-refractivity contribution in [1.82, 2.24) is 0 Å². The van der Waals surface area contributed by atoms with Crippen molar-refractivity contribution in [1.29, 1.82) is 0 Å². The summed E-state index contributed by atoms with van der Waals surface area (Å²) in [6, 6.07) is 17.6. The van der Waals surface area contributed by atoms with Crippen LogP contribution in [0, 0.1) is 6.92 Å². The molecule has 3 rings (SSSR count). The van der Waals surface area contributed by atoms with E-state index in [-0.39, 0.29) is 0 Å². The monoisotopic (exact) mass is 234 g/mol. The second-order valence-electron chi connectivity index (χ2n) is 5.23. The highest BCUT2D eigenvalue weighted by Gasteiger charge is 2.25. The van der Waals surface area contributed by atoms with Crippen LogP contribution in [0.25, 0.3) is 5.57 Å². The average molecular weight is 234 g/mol. The van der Waals surface area contributed by atoms with Crippen LogP contribution in [0.1, 0.15) is 42.0 Å². The Bertz CT molecular complexity index is 615. The summed E-state index contributed by atoms with van der Waals surface area (Å²) in [5.41, 5.74) is 8.45. The van der Waals surface area contributed by atoms with Crippen molar-refractivity contribution >= 4 is 5.57 Å². The molecule has 90 valence electrons. The summed E-state index contributed by atoms with van der Waals surface area (Å²) in [4.78, 5) is 0. The van der Waals surface area contributed by atoms with Gasteiger partial charge in [0.2, 0.25) is 0 Å². The zero-order valence-electron chi connectivity index (χ0n) is 11.2. The largest absolute Gasteiger partial charge is 0.0619 e. The Kier molecular flexibility index (Phi) is 2.59. The summed E-state index contributed by atoms with van der Waals surface area (Å²) in [6.07, 6.45) is 0. The van der Waals surface area contributed by atoms with Gasteiger partial charge in [-0.25, -0.2) is 0 Å². The summed E-state index contributed by atoms with van der Waals surface area (Å²) in [5.74, 6) is 0.539. The van der Waals surface area contributed by atoms with Crippen LogP contribution < -0.4 is 0 Å². The molecule has 0 saturated carbocycles. The van der Waals surface area contributed by atoms with Gasteiger partial charge in [0.15, 0.2) is 0 Å². The van der Waals surface area contributed by atoms with Gasteiger partial charge in [-0.2, -0.15) is 0 Å². The van der Waals surface area contributed by atoms with Crippen LogP contribution in [0.2, 0.25) is 0 Å². The Morgan fingerprint density at radius 1 is 0.833 bits per heavy atom. The van der Waals surface area contributed by atoms with E-state index in [1.807, 2.05) is 0 Å². The third kappa shape index (κ3) is 1.60. The number of aryl methyl sites for hydroxylation is 1. The molecule has 0 heteroatoms. The van der Waals surface area contributed by atoms with Crippen LogP contribution in [0.15, 0.2) is 54.1 Å². The van der Waals surface area contributed by atoms with Gasteiger partial charge in [0, 0.05) is 5.92 Å². The first-order valence-electron chi connectivity index (χ1n) is 6.55. The number of rotatable bonds is 1. The lowest BCUT2D eigenvalue weighted by atomic mass is 9.97. The van der Waals surface area contributed by atoms with Crippen molar-refractivity contribution in [2.24, 2.45) is 0 Å². The van der Waals surface area contributed by atoms with Crippen molar-refractivity contribution in [3.8, 4) is 0 Å². The van der Waals surface area contributed by atoms with Crippen LogP contribution >= 0.6 is 0 Å². The molecule has 0 amide bonds. The van der Waals surface area contributed by atoms with E-state index >= 15 is 0 Å². The summed E-state index contributed by atoms with van der Waals surface area (Å²) >= 11 is 0. The quantitative estimate of drug-likeness (QED) is 0.656. The minimum atomic E-state index is 0.539. The maximum absolute atomic E-state index is 2.30. The molecule has 1 aliphatic carbocycles. The maximum Gasteiger partial charge on any atom is 0.00326 e. The third-order valence-electron chi connectivity index (χ3n) is 4.08. The van der Waals surface area contributed by atoms with Crippen molar-refractivity contribution in [3.05, 3.63) is 76.4 Å². The molecule has 0 saturated heterocycles. The highest BCUT2D eigenvalue weighted by Crippen LogP contribution is 2.44. The molecule has 18 heavy (non-hydrogen) atoms. The minimum Gasteiger partial charge on any atom is -0.0619 e. The van der Waals surface area contributed by atoms with Gasteiger partial charge < -0.3 is 0 Å². The maximum atomic E-state index is 2.30. The first-order valence-corrected chi connectivity index (χ1v) is 6.55. The normalized spacial score (nSPS) is 18.1. The van der Waals surface area contributed by atoms with Crippen LogP contribution in [-0.2, 0) is 0 Å². The van der Waals surface area contributed by atoms with E-state index in [0.717, 1.165) is 0 Å². The van der Waals surface area contributed by atoms with Gasteiger partial charge in [0.25, 0.3) is 0 Å². The predicted molar refractivity (Wildman–Crippen MR) is 77.7 cm³/mol. The predicted octanol–water partition coefficient (Wildman–Crippen LogP) is 4.93. The van der Waals surface area contributed by atoms with E-state index in [1.54, 1.807) is 0 Å². The molecule has 0 N–H and O–H groups in total. The van der Waals surface area contributed by atoms with Crippen molar-refractivity contribution in [3.63, 3.8) is 0 Å². The van der Waals surface area contributed by atoms with Gasteiger partial charge in [-0.05, 0) is 36.1 Å². The van der Waals surface area contributed by atoms with E-state index in [2.05, 4.69) is 69.3 Å². The zero-order chi connectivity index (χ0) is 12.7. The van der Waals surface area contributed by atoms with Crippen molar-refractivity contribution in [2.45, 2.75) is 26.7 Å². The molecule has 0 bridgehead atoms. The zero-order valence-corrected chi connectivity index (χ0v) is 11.2. The van der Waals surface area contributed by atoms with Crippen LogP contribution in [0.5, 0.6) is 0 Å². The third-order valence-corrected chi connectivity index (χ3v) is 4.08. The Labute approximate surface area is 109 Å². The molecule has 0 nitrogen and oxygen atoms in total. The number of hydrogen-bond donors (Lipinski definition) is 0. The summed E-state index contributed by atoms with van der Waals surface area (Å²) in [7, 11) is 0. The van der Waals surface area contributed by atoms with E-state index in [1.165, 1.54) is 33.4 Å². The van der Waals surface area contributed by atoms with Crippen LogP contribution in [0.3, 0.4) is 0 Å². The molecule has 1 unspecified atom stereocenters. The van der Waals surface area contributed by atoms with E-state index < -0.39 is 0 Å². The van der Waals surface area contributed by atoms with E-state index in [0.29, 0.717) is 5.92 Å². The van der Waals surface area contributed by atoms with Gasteiger partial charge in [0.1, 0.15) is 0 Å². The van der Waals surface area contributed by atoms with E-state index in [4.69, 9.17) is 0 Å². The molecule has 1 atom stereocenters. The summed E-state index contributed by atoms with van der Waals surface area (Å²) in [6.45, 7) is 6.70. The van der Waals surface area contributed by atoms with Crippen LogP contribution in [-0.4, -0.2) is 0 Å². The Balaban J connectivity index is 2.20. The second kappa shape index (κ2) is 4.13. The molecule has 1 aliphatic rings. The first kappa shape index (κ1) is 11.3. The number of fused-ring (bicyclic) bond motifs is 1. The molecule has 0 fully saturated rings. The Hall–Kier alpha value is -1.82. The highest BCUT2D eigenvalue weighted by molar-refractivity contribution is 5.88. The summed E-state index contributed by atoms with van der Waals surface area (Å²) in [5, 5.41) is 0. The lowest BCUT2D eigenvalue weighted by Crippen LogP contribution is -1.88. The van der Waals surface area contributed by atoms with Crippen molar-refractivity contribution < 1.29 is 0 Å². The number of benzene rings is 2. The summed E-state index contributed by atoms with van der Waals surface area (Å²) < 4.78 is 0. The molecule has 0 heterocycles. The first-order chi connectivity index (χ1) is 8.68. The van der Waals surface area contributed by atoms with Gasteiger partial charge in [0.05, 0.1) is 0 Å². The Morgan fingerprint density at radius 2 is 1.50 bits per heavy atom. The SMILES string of the molecule is CC1=C(c2ccc(C)cc2)c2ccccc2C1C. The molecule has 0 aromatic heterocycles. The molecule has 0 spiro atoms. The molecule has 2 aromatic rings. The lowest BCUT2D eigenvalue weighted by molar-refractivity contribution is 0.920. The number of allylic oxidation sites excluding steroid dienone is 1. The molecule has 2 aromatic carbocycles. The fraction of sp³-hybridized carbons (Fsp3) is 0.222. The second-order valence-corrected chi connectivity index (χ2v) is 5.23. The van der Waals surface area contributed by atoms with E-state index in [9.17, 15) is 0 Å².